The molecule has 0 radical (unpaired) electrons. The fourth-order valence-electron chi connectivity index (χ4n) is 10.4. The van der Waals surface area contributed by atoms with E-state index < -0.39 is 26.5 Å². The number of rotatable bonds is 68. The van der Waals surface area contributed by atoms with Crippen LogP contribution in [0, 0.1) is 0 Å². The van der Waals surface area contributed by atoms with Crippen molar-refractivity contribution in [2.75, 3.05) is 47.5 Å². The van der Waals surface area contributed by atoms with Gasteiger partial charge in [0.2, 0.25) is 0 Å². The summed E-state index contributed by atoms with van der Waals surface area (Å²) >= 11 is 0. The number of nitrogens with zero attached hydrogens (tertiary/aromatic N) is 1. The van der Waals surface area contributed by atoms with E-state index in [1.54, 1.807) is 0 Å². The third-order valence-corrected chi connectivity index (χ3v) is 17.0. The summed E-state index contributed by atoms with van der Waals surface area (Å²) in [6.45, 7) is 4.16. The molecule has 0 aliphatic carbocycles. The minimum absolute atomic E-state index is 0.0349. The van der Waals surface area contributed by atoms with Crippen LogP contribution in [0.4, 0.5) is 0 Å². The van der Waals surface area contributed by atoms with E-state index in [4.69, 9.17) is 18.5 Å². The quantitative estimate of drug-likeness (QED) is 0.0195. The van der Waals surface area contributed by atoms with E-state index in [0.717, 1.165) is 103 Å². The molecule has 514 valence electrons. The number of carbonyl (C=O) groups excluding carboxylic acids is 2. The Labute approximate surface area is 550 Å². The molecule has 0 aliphatic heterocycles. The van der Waals surface area contributed by atoms with Crippen molar-refractivity contribution in [2.24, 2.45) is 0 Å². The van der Waals surface area contributed by atoms with Crippen LogP contribution in [0.1, 0.15) is 328 Å². The lowest BCUT2D eigenvalue weighted by Gasteiger charge is -2.28. The summed E-state index contributed by atoms with van der Waals surface area (Å²) in [4.78, 5) is 38.1. The molecular formula is C79H140NO8P. The maximum absolute atomic E-state index is 12.9. The molecule has 0 bridgehead atoms. The lowest BCUT2D eigenvalue weighted by molar-refractivity contribution is -0.870. The molecule has 0 aromatic carbocycles. The number of allylic oxidation sites excluding steroid dienone is 18. The van der Waals surface area contributed by atoms with Gasteiger partial charge in [-0.2, -0.15) is 0 Å². The average Bonchev–Trinajstić information content (AvgIpc) is 3.60. The predicted molar refractivity (Wildman–Crippen MR) is 383 cm³/mol. The molecule has 0 spiro atoms. The fraction of sp³-hybridized carbons (Fsp3) is 0.747. The van der Waals surface area contributed by atoms with Crippen LogP contribution in [-0.2, 0) is 32.7 Å². The van der Waals surface area contributed by atoms with E-state index in [2.05, 4.69) is 123 Å². The Morgan fingerprint density at radius 3 is 0.955 bits per heavy atom. The standard InChI is InChI=1S/C79H140NO8P/c1-6-8-10-12-14-16-18-20-22-24-26-28-30-32-34-36-37-38-39-40-41-42-43-44-46-48-50-52-54-56-58-60-62-64-66-68-70-72-79(82)88-77(76-87-89(83,84)86-74-73-80(3,4)5)75-85-78(81)71-69-67-65-63-61-59-57-55-53-51-49-47-45-35-33-31-29-27-25-23-21-19-17-15-13-11-9-7-2/h8,10,14,16,20,22,26,28,32,34,37-38,40-41,43-44,48,50,77H,6-7,9,11-13,15,17-19,21,23-25,27,29-31,33,35-36,39,42,45-47,49,51-76H2,1-5H3/b10-8-,16-14-,22-20-,28-26-,34-32-,38-37-,41-40-,44-43-,50-48-. The third-order valence-electron chi connectivity index (χ3n) is 16.1. The molecule has 0 saturated carbocycles. The van der Waals surface area contributed by atoms with E-state index in [1.807, 2.05) is 21.1 Å². The summed E-state index contributed by atoms with van der Waals surface area (Å²) in [6, 6.07) is 0. The number of hydrogen-bond acceptors (Lipinski definition) is 8. The van der Waals surface area contributed by atoms with Gasteiger partial charge in [-0.3, -0.25) is 14.2 Å². The molecule has 0 N–H and O–H groups in total. The number of esters is 2. The van der Waals surface area contributed by atoms with Crippen molar-refractivity contribution in [3.63, 3.8) is 0 Å². The van der Waals surface area contributed by atoms with E-state index in [0.29, 0.717) is 17.4 Å². The molecule has 2 unspecified atom stereocenters. The van der Waals surface area contributed by atoms with Gasteiger partial charge in [-0.25, -0.2) is 0 Å². The zero-order valence-electron chi connectivity index (χ0n) is 58.6. The first-order valence-corrected chi connectivity index (χ1v) is 38.6. The van der Waals surface area contributed by atoms with Crippen molar-refractivity contribution in [3.8, 4) is 0 Å². The maximum atomic E-state index is 12.9. The first-order valence-electron chi connectivity index (χ1n) is 37.1. The van der Waals surface area contributed by atoms with E-state index >= 15 is 0 Å². The van der Waals surface area contributed by atoms with Gasteiger partial charge >= 0.3 is 11.9 Å². The van der Waals surface area contributed by atoms with Crippen LogP contribution >= 0.6 is 7.82 Å². The van der Waals surface area contributed by atoms with Crippen molar-refractivity contribution in [2.45, 2.75) is 335 Å². The van der Waals surface area contributed by atoms with Crippen LogP contribution in [0.15, 0.2) is 109 Å². The summed E-state index contributed by atoms with van der Waals surface area (Å²) in [5, 5.41) is 0. The summed E-state index contributed by atoms with van der Waals surface area (Å²) in [6.07, 6.45) is 97.5. The Balaban J connectivity index is 4.06. The van der Waals surface area contributed by atoms with E-state index in [-0.39, 0.29) is 32.0 Å². The van der Waals surface area contributed by atoms with Crippen LogP contribution < -0.4 is 4.89 Å². The van der Waals surface area contributed by atoms with Gasteiger partial charge in [-0.05, 0) is 83.5 Å². The van der Waals surface area contributed by atoms with Crippen molar-refractivity contribution in [1.29, 1.82) is 0 Å². The molecule has 0 aromatic heterocycles. The second-order valence-corrected chi connectivity index (χ2v) is 27.3. The lowest BCUT2D eigenvalue weighted by atomic mass is 10.0. The van der Waals surface area contributed by atoms with Crippen molar-refractivity contribution in [1.82, 2.24) is 0 Å². The number of phosphoric acid groups is 1. The Bertz CT molecular complexity index is 1870. The second kappa shape index (κ2) is 69.0. The maximum Gasteiger partial charge on any atom is 0.306 e. The summed E-state index contributed by atoms with van der Waals surface area (Å²) < 4.78 is 34.4. The molecule has 2 atom stereocenters. The van der Waals surface area contributed by atoms with Gasteiger partial charge in [0.15, 0.2) is 6.10 Å². The zero-order chi connectivity index (χ0) is 64.8. The minimum Gasteiger partial charge on any atom is -0.756 e. The molecule has 0 aromatic rings. The van der Waals surface area contributed by atoms with Gasteiger partial charge in [0.05, 0.1) is 27.7 Å². The normalized spacial score (nSPS) is 13.7. The molecule has 0 amide bonds. The second-order valence-electron chi connectivity index (χ2n) is 25.9. The van der Waals surface area contributed by atoms with Gasteiger partial charge in [0, 0.05) is 12.8 Å². The largest absolute Gasteiger partial charge is 0.756 e. The highest BCUT2D eigenvalue weighted by atomic mass is 31.2. The molecule has 10 heteroatoms. The lowest BCUT2D eigenvalue weighted by Crippen LogP contribution is -2.37. The summed E-state index contributed by atoms with van der Waals surface area (Å²) in [5.41, 5.74) is 0. The van der Waals surface area contributed by atoms with Gasteiger partial charge in [-0.1, -0.05) is 342 Å². The van der Waals surface area contributed by atoms with Crippen LogP contribution in [-0.4, -0.2) is 70.0 Å². The Kier molecular flexibility index (Phi) is 66.4. The third kappa shape index (κ3) is 73.6. The highest BCUT2D eigenvalue weighted by Gasteiger charge is 2.22. The Morgan fingerprint density at radius 2 is 0.640 bits per heavy atom. The van der Waals surface area contributed by atoms with Crippen molar-refractivity contribution >= 4 is 19.8 Å². The fourth-order valence-corrected chi connectivity index (χ4v) is 11.1. The number of unbranched alkanes of at least 4 members (excludes halogenated alkanes) is 36. The van der Waals surface area contributed by atoms with Crippen molar-refractivity contribution < 1.29 is 42.1 Å². The number of hydrogen-bond donors (Lipinski definition) is 0. The topological polar surface area (TPSA) is 111 Å². The Morgan fingerprint density at radius 1 is 0.360 bits per heavy atom. The van der Waals surface area contributed by atoms with Crippen LogP contribution in [0.5, 0.6) is 0 Å². The van der Waals surface area contributed by atoms with Gasteiger partial charge in [0.25, 0.3) is 7.82 Å². The molecular weight excluding hydrogens is 1120 g/mol. The van der Waals surface area contributed by atoms with E-state index in [9.17, 15) is 19.0 Å². The SMILES string of the molecule is CC/C=C\C/C=C\C/C=C\C/C=C\C/C=C\C/C=C\C/C=C\C/C=C\C/C=C\CCCCCCCCCCCC(=O)OC(COC(=O)CCCCCCCCCCCCCCCCCCCCCCCCCCCCCC)COP(=O)([O-])OCC[N+](C)(C)C. The van der Waals surface area contributed by atoms with Crippen LogP contribution in [0.25, 0.3) is 0 Å². The summed E-state index contributed by atoms with van der Waals surface area (Å²) in [7, 11) is 1.16. The molecule has 89 heavy (non-hydrogen) atoms. The Hall–Kier alpha value is -3.33. The highest BCUT2D eigenvalue weighted by molar-refractivity contribution is 7.45. The number of quaternary nitrogens is 1. The smallest absolute Gasteiger partial charge is 0.306 e. The molecule has 0 aliphatic rings. The molecule has 0 heterocycles. The van der Waals surface area contributed by atoms with Gasteiger partial charge < -0.3 is 27.9 Å². The minimum atomic E-state index is -4.65. The number of carbonyl (C=O) groups is 2. The molecule has 0 saturated heterocycles. The molecule has 9 nitrogen and oxygen atoms in total. The number of likely N-dealkylation sites (N-methyl/N-ethyl adjacent to an activating group) is 1. The first-order chi connectivity index (χ1) is 43.5. The first kappa shape index (κ1) is 85.7. The number of phosphoric ester groups is 1. The van der Waals surface area contributed by atoms with E-state index in [1.165, 1.54) is 193 Å². The van der Waals surface area contributed by atoms with Crippen LogP contribution in [0.3, 0.4) is 0 Å². The zero-order valence-corrected chi connectivity index (χ0v) is 59.5. The monoisotopic (exact) mass is 1260 g/mol. The van der Waals surface area contributed by atoms with Gasteiger partial charge in [0.1, 0.15) is 19.8 Å². The molecule has 0 rings (SSSR count). The van der Waals surface area contributed by atoms with Gasteiger partial charge in [-0.15, -0.1) is 0 Å². The average molecular weight is 1260 g/mol. The summed E-state index contributed by atoms with van der Waals surface area (Å²) in [5.74, 6) is -0.832. The highest BCUT2D eigenvalue weighted by Crippen LogP contribution is 2.38. The predicted octanol–water partition coefficient (Wildman–Crippen LogP) is 23.8. The number of ether oxygens (including phenoxy) is 2. The van der Waals surface area contributed by atoms with Crippen molar-refractivity contribution in [3.05, 3.63) is 109 Å². The van der Waals surface area contributed by atoms with Crippen LogP contribution in [0.2, 0.25) is 0 Å². The molecule has 0 fully saturated rings.